The topological polar surface area (TPSA) is 55.1 Å². The van der Waals surface area contributed by atoms with Gasteiger partial charge in [-0.05, 0) is 19.9 Å². The fourth-order valence-electron chi connectivity index (χ4n) is 1.18. The van der Waals surface area contributed by atoms with Gasteiger partial charge in [0.2, 0.25) is 0 Å². The van der Waals surface area contributed by atoms with E-state index in [4.69, 9.17) is 5.73 Å². The molecule has 0 atom stereocenters. The van der Waals surface area contributed by atoms with Crippen LogP contribution in [0, 0.1) is 11.6 Å². The van der Waals surface area contributed by atoms with Gasteiger partial charge in [0.25, 0.3) is 5.91 Å². The lowest BCUT2D eigenvalue weighted by molar-refractivity contribution is 0.0954. The molecule has 0 bridgehead atoms. The van der Waals surface area contributed by atoms with E-state index in [1.165, 1.54) is 0 Å². The second-order valence-electron chi connectivity index (χ2n) is 3.85. The number of nitrogens with two attached hydrogens (primary N) is 1. The number of hydrogen-bond donors (Lipinski definition) is 2. The molecule has 1 aromatic rings. The van der Waals surface area contributed by atoms with Crippen LogP contribution in [0.2, 0.25) is 0 Å². The van der Waals surface area contributed by atoms with E-state index in [1.807, 2.05) is 13.8 Å². The minimum absolute atomic E-state index is 0.251. The van der Waals surface area contributed by atoms with Crippen molar-refractivity contribution in [1.82, 2.24) is 5.32 Å². The number of nitrogen functional groups attached to an aromatic ring is 1. The average molecular weight is 240 g/mol. The SMILES string of the molecule is CC(C)=CCNC(=O)c1cc(N)c(F)cc1F. The van der Waals surface area contributed by atoms with Gasteiger partial charge in [-0.25, -0.2) is 8.78 Å². The second-order valence-corrected chi connectivity index (χ2v) is 3.85. The summed E-state index contributed by atoms with van der Waals surface area (Å²) in [6.45, 7) is 4.04. The predicted octanol–water partition coefficient (Wildman–Crippen LogP) is 2.24. The van der Waals surface area contributed by atoms with Gasteiger partial charge < -0.3 is 11.1 Å². The fraction of sp³-hybridized carbons (Fsp3) is 0.250. The van der Waals surface area contributed by atoms with E-state index in [1.54, 1.807) is 6.08 Å². The summed E-state index contributed by atoms with van der Waals surface area (Å²) in [4.78, 5) is 11.6. The monoisotopic (exact) mass is 240 g/mol. The Morgan fingerprint density at radius 2 is 2.00 bits per heavy atom. The van der Waals surface area contributed by atoms with Gasteiger partial charge in [-0.15, -0.1) is 0 Å². The van der Waals surface area contributed by atoms with E-state index in [2.05, 4.69) is 5.32 Å². The molecule has 1 amide bonds. The number of allylic oxidation sites excluding steroid dienone is 1. The Kier molecular flexibility index (Phi) is 4.20. The summed E-state index contributed by atoms with van der Waals surface area (Å²) < 4.78 is 26.2. The highest BCUT2D eigenvalue weighted by molar-refractivity contribution is 5.95. The highest BCUT2D eigenvalue weighted by Crippen LogP contribution is 2.16. The van der Waals surface area contributed by atoms with E-state index in [9.17, 15) is 13.6 Å². The van der Waals surface area contributed by atoms with Gasteiger partial charge in [-0.1, -0.05) is 11.6 Å². The Hall–Kier alpha value is -1.91. The Labute approximate surface area is 98.3 Å². The van der Waals surface area contributed by atoms with Crippen LogP contribution in [0.1, 0.15) is 24.2 Å². The van der Waals surface area contributed by atoms with E-state index in [0.29, 0.717) is 6.07 Å². The third-order valence-electron chi connectivity index (χ3n) is 2.10. The zero-order valence-corrected chi connectivity index (χ0v) is 9.68. The van der Waals surface area contributed by atoms with Crippen molar-refractivity contribution < 1.29 is 13.6 Å². The smallest absolute Gasteiger partial charge is 0.254 e. The molecule has 0 aliphatic carbocycles. The molecule has 17 heavy (non-hydrogen) atoms. The highest BCUT2D eigenvalue weighted by Gasteiger charge is 2.14. The van der Waals surface area contributed by atoms with E-state index < -0.39 is 17.5 Å². The largest absolute Gasteiger partial charge is 0.396 e. The first-order chi connectivity index (χ1) is 7.91. The molecule has 5 heteroatoms. The zero-order valence-electron chi connectivity index (χ0n) is 9.68. The molecule has 0 saturated carbocycles. The van der Waals surface area contributed by atoms with Crippen LogP contribution in [0.5, 0.6) is 0 Å². The number of carbonyl (C=O) groups excluding carboxylic acids is 1. The van der Waals surface area contributed by atoms with Crippen LogP contribution in [-0.4, -0.2) is 12.5 Å². The number of anilines is 1. The molecule has 0 fully saturated rings. The van der Waals surface area contributed by atoms with Crippen LogP contribution in [0.25, 0.3) is 0 Å². The van der Waals surface area contributed by atoms with Crippen LogP contribution < -0.4 is 11.1 Å². The van der Waals surface area contributed by atoms with E-state index >= 15 is 0 Å². The molecule has 3 nitrogen and oxygen atoms in total. The van der Waals surface area contributed by atoms with Crippen molar-refractivity contribution in [3.8, 4) is 0 Å². The molecule has 3 N–H and O–H groups in total. The van der Waals surface area contributed by atoms with Gasteiger partial charge in [0.15, 0.2) is 0 Å². The number of benzene rings is 1. The summed E-state index contributed by atoms with van der Waals surface area (Å²) in [5.41, 5.74) is 5.79. The zero-order chi connectivity index (χ0) is 13.0. The summed E-state index contributed by atoms with van der Waals surface area (Å²) in [6, 6.07) is 1.59. The number of hydrogen-bond acceptors (Lipinski definition) is 2. The van der Waals surface area contributed by atoms with Crippen LogP contribution >= 0.6 is 0 Å². The lowest BCUT2D eigenvalue weighted by Gasteiger charge is -2.06. The molecule has 0 saturated heterocycles. The molecular weight excluding hydrogens is 226 g/mol. The first-order valence-electron chi connectivity index (χ1n) is 5.08. The fourth-order valence-corrected chi connectivity index (χ4v) is 1.18. The molecule has 0 heterocycles. The highest BCUT2D eigenvalue weighted by atomic mass is 19.1. The average Bonchev–Trinajstić information content (AvgIpc) is 2.22. The molecule has 1 aromatic carbocycles. The molecule has 0 radical (unpaired) electrons. The van der Waals surface area contributed by atoms with Gasteiger partial charge in [0, 0.05) is 12.6 Å². The van der Waals surface area contributed by atoms with Crippen LogP contribution in [0.4, 0.5) is 14.5 Å². The van der Waals surface area contributed by atoms with Crippen molar-refractivity contribution in [2.75, 3.05) is 12.3 Å². The summed E-state index contributed by atoms with van der Waals surface area (Å²) in [5.74, 6) is -2.42. The Bertz CT molecular complexity index is 466. The van der Waals surface area contributed by atoms with Gasteiger partial charge in [-0.3, -0.25) is 4.79 Å². The Morgan fingerprint density at radius 1 is 1.35 bits per heavy atom. The lowest BCUT2D eigenvalue weighted by Crippen LogP contribution is -2.24. The summed E-state index contributed by atoms with van der Waals surface area (Å²) in [6.07, 6.45) is 1.78. The standard InChI is InChI=1S/C12H14F2N2O/c1-7(2)3-4-16-12(17)8-5-11(15)10(14)6-9(8)13/h3,5-6H,4,15H2,1-2H3,(H,16,17). The van der Waals surface area contributed by atoms with Crippen molar-refractivity contribution in [2.45, 2.75) is 13.8 Å². The third-order valence-corrected chi connectivity index (χ3v) is 2.10. The molecule has 0 aromatic heterocycles. The molecular formula is C12H14F2N2O. The van der Waals surface area contributed by atoms with Gasteiger partial charge >= 0.3 is 0 Å². The summed E-state index contributed by atoms with van der Waals surface area (Å²) in [7, 11) is 0. The maximum atomic E-state index is 13.3. The van der Waals surface area contributed by atoms with Crippen molar-refractivity contribution in [3.63, 3.8) is 0 Å². The van der Waals surface area contributed by atoms with Crippen LogP contribution in [0.15, 0.2) is 23.8 Å². The summed E-state index contributed by atoms with van der Waals surface area (Å²) in [5, 5.41) is 2.48. The maximum absolute atomic E-state index is 13.3. The molecule has 1 rings (SSSR count). The maximum Gasteiger partial charge on any atom is 0.254 e. The van der Waals surface area contributed by atoms with Gasteiger partial charge in [0.05, 0.1) is 11.3 Å². The number of nitrogens with one attached hydrogen (secondary N) is 1. The van der Waals surface area contributed by atoms with E-state index in [0.717, 1.165) is 11.6 Å². The molecule has 0 aliphatic heterocycles. The minimum Gasteiger partial charge on any atom is -0.396 e. The predicted molar refractivity (Wildman–Crippen MR) is 62.5 cm³/mol. The molecule has 92 valence electrons. The van der Waals surface area contributed by atoms with Crippen LogP contribution in [-0.2, 0) is 0 Å². The van der Waals surface area contributed by atoms with Crippen LogP contribution in [0.3, 0.4) is 0 Å². The number of rotatable bonds is 3. The molecule has 0 spiro atoms. The van der Waals surface area contributed by atoms with Gasteiger partial charge in [-0.2, -0.15) is 0 Å². The van der Waals surface area contributed by atoms with Crippen molar-refractivity contribution >= 4 is 11.6 Å². The number of amides is 1. The molecule has 0 aliphatic rings. The Balaban J connectivity index is 2.82. The second kappa shape index (κ2) is 5.43. The minimum atomic E-state index is -0.925. The van der Waals surface area contributed by atoms with E-state index in [-0.39, 0.29) is 17.8 Å². The summed E-state index contributed by atoms with van der Waals surface area (Å²) >= 11 is 0. The van der Waals surface area contributed by atoms with Gasteiger partial charge in [0.1, 0.15) is 11.6 Å². The van der Waals surface area contributed by atoms with Crippen molar-refractivity contribution in [2.24, 2.45) is 0 Å². The van der Waals surface area contributed by atoms with Crippen molar-refractivity contribution in [1.29, 1.82) is 0 Å². The lowest BCUT2D eigenvalue weighted by atomic mass is 10.1. The first kappa shape index (κ1) is 13.2. The molecule has 0 unspecified atom stereocenters. The Morgan fingerprint density at radius 3 is 2.59 bits per heavy atom. The number of carbonyl (C=O) groups is 1. The number of halogens is 2. The third kappa shape index (κ3) is 3.55. The van der Waals surface area contributed by atoms with Crippen molar-refractivity contribution in [3.05, 3.63) is 41.0 Å². The quantitative estimate of drug-likeness (QED) is 0.629. The normalized spacial score (nSPS) is 9.88. The first-order valence-corrected chi connectivity index (χ1v) is 5.08.